The van der Waals surface area contributed by atoms with Crippen LogP contribution in [0, 0.1) is 0 Å². The summed E-state index contributed by atoms with van der Waals surface area (Å²) in [6, 6.07) is 1.86. The third-order valence-electron chi connectivity index (χ3n) is 2.16. The summed E-state index contributed by atoms with van der Waals surface area (Å²) in [6.07, 6.45) is 1.88. The number of nitrogens with two attached hydrogens (primary N) is 1. The lowest BCUT2D eigenvalue weighted by atomic mass is 10.1. The molecule has 0 aliphatic carbocycles. The average molecular weight is 180 g/mol. The van der Waals surface area contributed by atoms with Crippen LogP contribution in [-0.2, 0) is 6.42 Å². The minimum Gasteiger partial charge on any atom is -0.491 e. The summed E-state index contributed by atoms with van der Waals surface area (Å²) < 4.78 is 5.29. The molecule has 1 aliphatic rings. The number of hydrogen-bond donors (Lipinski definition) is 2. The van der Waals surface area contributed by atoms with Gasteiger partial charge in [-0.2, -0.15) is 0 Å². The van der Waals surface area contributed by atoms with Gasteiger partial charge in [-0.25, -0.2) is 0 Å². The molecule has 4 nitrogen and oxygen atoms in total. The van der Waals surface area contributed by atoms with Crippen LogP contribution in [0.15, 0.2) is 12.3 Å². The molecule has 2 heterocycles. The maximum Gasteiger partial charge on any atom is 0.140 e. The van der Waals surface area contributed by atoms with Gasteiger partial charge in [0.15, 0.2) is 0 Å². The van der Waals surface area contributed by atoms with E-state index in [9.17, 15) is 5.11 Å². The molecule has 0 bridgehead atoms. The maximum absolute atomic E-state index is 9.43. The Hall–Kier alpha value is -1.13. The number of nitrogens with zero attached hydrogens (tertiary/aromatic N) is 1. The topological polar surface area (TPSA) is 68.4 Å². The van der Waals surface area contributed by atoms with Crippen LogP contribution in [0.3, 0.4) is 0 Å². The monoisotopic (exact) mass is 180 g/mol. The van der Waals surface area contributed by atoms with Gasteiger partial charge in [-0.3, -0.25) is 4.98 Å². The lowest BCUT2D eigenvalue weighted by Gasteiger charge is -2.07. The highest BCUT2D eigenvalue weighted by molar-refractivity contribution is 5.36. The Morgan fingerprint density at radius 2 is 2.54 bits per heavy atom. The summed E-state index contributed by atoms with van der Waals surface area (Å²) in [5, 5.41) is 9.43. The van der Waals surface area contributed by atoms with Crippen molar-refractivity contribution in [1.29, 1.82) is 0 Å². The molecule has 1 atom stereocenters. The number of fused-ring (bicyclic) bond motifs is 1. The van der Waals surface area contributed by atoms with E-state index in [4.69, 9.17) is 10.5 Å². The largest absolute Gasteiger partial charge is 0.491 e. The third kappa shape index (κ3) is 1.50. The van der Waals surface area contributed by atoms with Gasteiger partial charge >= 0.3 is 0 Å². The van der Waals surface area contributed by atoms with Gasteiger partial charge in [0.25, 0.3) is 0 Å². The van der Waals surface area contributed by atoms with Crippen LogP contribution < -0.4 is 10.5 Å². The number of rotatable bonds is 2. The molecule has 0 fully saturated rings. The number of aromatic nitrogens is 1. The molecule has 0 saturated heterocycles. The van der Waals surface area contributed by atoms with Crippen molar-refractivity contribution in [2.75, 3.05) is 13.2 Å². The summed E-state index contributed by atoms with van der Waals surface area (Å²) in [7, 11) is 0. The lowest BCUT2D eigenvalue weighted by molar-refractivity contribution is 0.181. The second kappa shape index (κ2) is 3.32. The molecule has 2 rings (SSSR count). The van der Waals surface area contributed by atoms with Crippen molar-refractivity contribution in [1.82, 2.24) is 4.98 Å². The Kier molecular flexibility index (Phi) is 2.16. The van der Waals surface area contributed by atoms with Gasteiger partial charge in [-0.05, 0) is 6.07 Å². The molecular formula is C9H12N2O2. The van der Waals surface area contributed by atoms with Crippen LogP contribution >= 0.6 is 0 Å². The van der Waals surface area contributed by atoms with Gasteiger partial charge < -0.3 is 15.6 Å². The zero-order valence-corrected chi connectivity index (χ0v) is 7.23. The first-order valence-corrected chi connectivity index (χ1v) is 4.31. The van der Waals surface area contributed by atoms with Crippen molar-refractivity contribution >= 4 is 0 Å². The lowest BCUT2D eigenvalue weighted by Crippen LogP contribution is -2.12. The van der Waals surface area contributed by atoms with Crippen LogP contribution in [0.2, 0.25) is 0 Å². The normalized spacial score (nSPS) is 16.5. The molecule has 13 heavy (non-hydrogen) atoms. The van der Waals surface area contributed by atoms with Crippen LogP contribution in [0.4, 0.5) is 0 Å². The first-order chi connectivity index (χ1) is 6.31. The minimum absolute atomic E-state index is 0.201. The van der Waals surface area contributed by atoms with Crippen molar-refractivity contribution in [2.24, 2.45) is 5.73 Å². The van der Waals surface area contributed by atoms with E-state index < -0.39 is 6.10 Å². The molecule has 4 heteroatoms. The maximum atomic E-state index is 9.43. The fourth-order valence-corrected chi connectivity index (χ4v) is 1.40. The Labute approximate surface area is 76.4 Å². The second-order valence-corrected chi connectivity index (χ2v) is 3.07. The van der Waals surface area contributed by atoms with Crippen molar-refractivity contribution in [3.63, 3.8) is 0 Å². The van der Waals surface area contributed by atoms with Gasteiger partial charge in [0.2, 0.25) is 0 Å². The third-order valence-corrected chi connectivity index (χ3v) is 2.16. The van der Waals surface area contributed by atoms with E-state index >= 15 is 0 Å². The van der Waals surface area contributed by atoms with E-state index in [1.165, 1.54) is 0 Å². The van der Waals surface area contributed by atoms with Crippen molar-refractivity contribution in [3.8, 4) is 5.75 Å². The Morgan fingerprint density at radius 1 is 1.69 bits per heavy atom. The highest BCUT2D eigenvalue weighted by Crippen LogP contribution is 2.25. The predicted molar refractivity (Wildman–Crippen MR) is 47.5 cm³/mol. The summed E-state index contributed by atoms with van der Waals surface area (Å²) in [4.78, 5) is 4.07. The molecule has 1 unspecified atom stereocenters. The van der Waals surface area contributed by atoms with Crippen LogP contribution in [0.1, 0.15) is 17.4 Å². The molecule has 0 saturated carbocycles. The molecule has 1 aliphatic heterocycles. The van der Waals surface area contributed by atoms with E-state index in [1.54, 1.807) is 6.20 Å². The van der Waals surface area contributed by atoms with Gasteiger partial charge in [0.05, 0.1) is 18.5 Å². The van der Waals surface area contributed by atoms with Gasteiger partial charge in [0, 0.05) is 18.5 Å². The van der Waals surface area contributed by atoms with Crippen LogP contribution in [0.5, 0.6) is 5.75 Å². The second-order valence-electron chi connectivity index (χ2n) is 3.07. The number of pyridine rings is 1. The van der Waals surface area contributed by atoms with Crippen molar-refractivity contribution in [2.45, 2.75) is 12.5 Å². The van der Waals surface area contributed by atoms with E-state index in [0.29, 0.717) is 12.3 Å². The van der Waals surface area contributed by atoms with Crippen molar-refractivity contribution < 1.29 is 9.84 Å². The summed E-state index contributed by atoms with van der Waals surface area (Å²) in [5.74, 6) is 0.827. The summed E-state index contributed by atoms with van der Waals surface area (Å²) in [5.41, 5.74) is 7.07. The Morgan fingerprint density at radius 3 is 3.31 bits per heavy atom. The minimum atomic E-state index is -0.661. The van der Waals surface area contributed by atoms with Crippen molar-refractivity contribution in [3.05, 3.63) is 23.5 Å². The zero-order chi connectivity index (χ0) is 9.26. The van der Waals surface area contributed by atoms with Crippen LogP contribution in [-0.4, -0.2) is 23.2 Å². The number of hydrogen-bond acceptors (Lipinski definition) is 4. The molecule has 0 aromatic carbocycles. The zero-order valence-electron chi connectivity index (χ0n) is 7.23. The van der Waals surface area contributed by atoms with E-state index in [-0.39, 0.29) is 6.54 Å². The first-order valence-electron chi connectivity index (χ1n) is 4.31. The Balaban J connectivity index is 2.30. The molecule has 1 aromatic heterocycles. The highest BCUT2D eigenvalue weighted by atomic mass is 16.5. The highest BCUT2D eigenvalue weighted by Gasteiger charge is 2.15. The Bertz CT molecular complexity index is 314. The molecule has 70 valence electrons. The summed E-state index contributed by atoms with van der Waals surface area (Å²) in [6.45, 7) is 0.909. The summed E-state index contributed by atoms with van der Waals surface area (Å²) >= 11 is 0. The van der Waals surface area contributed by atoms with E-state index in [2.05, 4.69) is 4.98 Å². The van der Waals surface area contributed by atoms with Gasteiger partial charge in [0.1, 0.15) is 11.9 Å². The smallest absolute Gasteiger partial charge is 0.140 e. The fraction of sp³-hybridized carbons (Fsp3) is 0.444. The SMILES string of the molecule is NCC(O)c1cc2c(cn1)OCC2. The first kappa shape index (κ1) is 8.47. The van der Waals surface area contributed by atoms with Gasteiger partial charge in [-0.1, -0.05) is 0 Å². The molecular weight excluding hydrogens is 168 g/mol. The van der Waals surface area contributed by atoms with Gasteiger partial charge in [-0.15, -0.1) is 0 Å². The number of aliphatic hydroxyl groups is 1. The number of ether oxygens (including phenoxy) is 1. The van der Waals surface area contributed by atoms with Crippen LogP contribution in [0.25, 0.3) is 0 Å². The molecule has 1 aromatic rings. The van der Waals surface area contributed by atoms with E-state index in [1.807, 2.05) is 6.07 Å². The molecule has 0 amide bonds. The number of aliphatic hydroxyl groups excluding tert-OH is 1. The average Bonchev–Trinajstić information content (AvgIpc) is 2.63. The van der Waals surface area contributed by atoms with E-state index in [0.717, 1.165) is 17.7 Å². The molecule has 0 radical (unpaired) electrons. The molecule has 3 N–H and O–H groups in total. The quantitative estimate of drug-likeness (QED) is 0.672. The fourth-order valence-electron chi connectivity index (χ4n) is 1.40. The predicted octanol–water partition coefficient (Wildman–Crippen LogP) is 0.00860. The molecule has 0 spiro atoms. The standard InChI is InChI=1S/C9H12N2O2/c10-4-8(12)7-3-6-1-2-13-9(6)5-11-7/h3,5,8,12H,1-2,4,10H2.